The summed E-state index contributed by atoms with van der Waals surface area (Å²) in [6, 6.07) is 4.92. The van der Waals surface area contributed by atoms with Gasteiger partial charge in [-0.2, -0.15) is 0 Å². The standard InChI is InChI=1S/C14H13N3O5/c1-14(2)21-12(19)9(13(20)22-14)6-15-7-3-4-8-10(5-7)16-17-11(8)18/h3-6,15H,1-2H3,(H2,16,17,18). The lowest BCUT2D eigenvalue weighted by atomic mass is 10.2. The van der Waals surface area contributed by atoms with Gasteiger partial charge >= 0.3 is 11.9 Å². The molecule has 8 heteroatoms. The van der Waals surface area contributed by atoms with Crippen LogP contribution in [0.5, 0.6) is 0 Å². The Bertz CT molecular complexity index is 837. The molecular weight excluding hydrogens is 290 g/mol. The number of rotatable bonds is 2. The van der Waals surface area contributed by atoms with E-state index in [1.165, 1.54) is 20.0 Å². The van der Waals surface area contributed by atoms with Gasteiger partial charge in [-0.1, -0.05) is 0 Å². The van der Waals surface area contributed by atoms with Crippen LogP contribution in [0.2, 0.25) is 0 Å². The number of anilines is 1. The summed E-state index contributed by atoms with van der Waals surface area (Å²) in [6.45, 7) is 2.95. The fourth-order valence-electron chi connectivity index (χ4n) is 2.06. The fourth-order valence-corrected chi connectivity index (χ4v) is 2.06. The van der Waals surface area contributed by atoms with E-state index in [1.807, 2.05) is 0 Å². The zero-order valence-corrected chi connectivity index (χ0v) is 11.9. The molecule has 1 fully saturated rings. The van der Waals surface area contributed by atoms with Crippen molar-refractivity contribution in [2.45, 2.75) is 19.6 Å². The Hall–Kier alpha value is -3.03. The number of aromatic nitrogens is 2. The minimum atomic E-state index is -1.27. The molecule has 1 aliphatic rings. The second-order valence-electron chi connectivity index (χ2n) is 5.22. The number of cyclic esters (lactones) is 2. The number of aromatic amines is 2. The molecule has 1 saturated heterocycles. The summed E-state index contributed by atoms with van der Waals surface area (Å²) in [6.07, 6.45) is 1.21. The van der Waals surface area contributed by atoms with Crippen LogP contribution in [0.4, 0.5) is 5.69 Å². The first kappa shape index (κ1) is 13.9. The summed E-state index contributed by atoms with van der Waals surface area (Å²) in [5.74, 6) is -2.79. The largest absolute Gasteiger partial charge is 0.419 e. The van der Waals surface area contributed by atoms with Crippen LogP contribution in [0.3, 0.4) is 0 Å². The topological polar surface area (TPSA) is 113 Å². The molecule has 1 aromatic heterocycles. The van der Waals surface area contributed by atoms with E-state index in [2.05, 4.69) is 15.5 Å². The second kappa shape index (κ2) is 4.76. The smallest absolute Gasteiger partial charge is 0.350 e. The molecule has 0 bridgehead atoms. The molecule has 0 atom stereocenters. The lowest BCUT2D eigenvalue weighted by Crippen LogP contribution is -2.42. The summed E-state index contributed by atoms with van der Waals surface area (Å²) in [5.41, 5.74) is 0.729. The molecule has 0 radical (unpaired) electrons. The lowest BCUT2D eigenvalue weighted by Gasteiger charge is -2.29. The molecule has 0 aliphatic carbocycles. The van der Waals surface area contributed by atoms with Gasteiger partial charge in [-0.3, -0.25) is 15.0 Å². The van der Waals surface area contributed by atoms with E-state index in [9.17, 15) is 14.4 Å². The van der Waals surface area contributed by atoms with Crippen molar-refractivity contribution in [1.82, 2.24) is 10.2 Å². The Morgan fingerprint density at radius 3 is 2.45 bits per heavy atom. The fraction of sp³-hybridized carbons (Fsp3) is 0.214. The maximum Gasteiger partial charge on any atom is 0.350 e. The van der Waals surface area contributed by atoms with E-state index in [0.717, 1.165) is 0 Å². The number of esters is 2. The Kier molecular flexibility index (Phi) is 3.01. The lowest BCUT2D eigenvalue weighted by molar-refractivity contribution is -0.222. The third-order valence-electron chi connectivity index (χ3n) is 3.07. The number of hydrogen-bond donors (Lipinski definition) is 3. The highest BCUT2D eigenvalue weighted by Crippen LogP contribution is 2.23. The third kappa shape index (κ3) is 2.46. The molecule has 3 N–H and O–H groups in total. The molecule has 2 aromatic rings. The molecule has 114 valence electrons. The van der Waals surface area contributed by atoms with Gasteiger partial charge < -0.3 is 14.8 Å². The van der Waals surface area contributed by atoms with Crippen molar-refractivity contribution >= 4 is 28.5 Å². The van der Waals surface area contributed by atoms with Crippen LogP contribution < -0.4 is 10.9 Å². The molecule has 0 spiro atoms. The normalized spacial score (nSPS) is 17.1. The van der Waals surface area contributed by atoms with Crippen molar-refractivity contribution in [3.8, 4) is 0 Å². The number of carbonyl (C=O) groups is 2. The van der Waals surface area contributed by atoms with Gasteiger partial charge in [-0.25, -0.2) is 9.59 Å². The highest BCUT2D eigenvalue weighted by atomic mass is 16.7. The summed E-state index contributed by atoms with van der Waals surface area (Å²) in [5, 5.41) is 8.49. The first-order valence-electron chi connectivity index (χ1n) is 6.49. The van der Waals surface area contributed by atoms with Gasteiger partial charge in [0.25, 0.3) is 11.3 Å². The average molecular weight is 303 g/mol. The van der Waals surface area contributed by atoms with Crippen LogP contribution in [-0.4, -0.2) is 27.9 Å². The van der Waals surface area contributed by atoms with E-state index in [0.29, 0.717) is 16.6 Å². The molecule has 0 saturated carbocycles. The van der Waals surface area contributed by atoms with Crippen LogP contribution >= 0.6 is 0 Å². The van der Waals surface area contributed by atoms with Gasteiger partial charge in [0, 0.05) is 25.7 Å². The number of H-pyrrole nitrogens is 2. The molecule has 0 unspecified atom stereocenters. The van der Waals surface area contributed by atoms with Crippen molar-refractivity contribution in [1.29, 1.82) is 0 Å². The van der Waals surface area contributed by atoms with Crippen molar-refractivity contribution < 1.29 is 19.1 Å². The van der Waals surface area contributed by atoms with Crippen LogP contribution in [0.25, 0.3) is 10.9 Å². The van der Waals surface area contributed by atoms with Crippen molar-refractivity contribution in [2.75, 3.05) is 5.32 Å². The first-order chi connectivity index (χ1) is 10.4. The van der Waals surface area contributed by atoms with Crippen LogP contribution in [0, 0.1) is 0 Å². The monoisotopic (exact) mass is 303 g/mol. The van der Waals surface area contributed by atoms with Crippen LogP contribution in [0.15, 0.2) is 34.8 Å². The predicted octanol–water partition coefficient (Wildman–Crippen LogP) is 0.988. The Balaban J connectivity index is 1.84. The molecule has 8 nitrogen and oxygen atoms in total. The molecule has 2 heterocycles. The number of carbonyl (C=O) groups excluding carboxylic acids is 2. The maximum atomic E-state index is 11.8. The minimum absolute atomic E-state index is 0.221. The minimum Gasteiger partial charge on any atom is -0.419 e. The molecule has 22 heavy (non-hydrogen) atoms. The zero-order chi connectivity index (χ0) is 15.9. The van der Waals surface area contributed by atoms with E-state index >= 15 is 0 Å². The van der Waals surface area contributed by atoms with Crippen LogP contribution in [0.1, 0.15) is 13.8 Å². The van der Waals surface area contributed by atoms with E-state index in [1.54, 1.807) is 18.2 Å². The highest BCUT2D eigenvalue weighted by Gasteiger charge is 2.38. The first-order valence-corrected chi connectivity index (χ1v) is 6.49. The Morgan fingerprint density at radius 1 is 1.09 bits per heavy atom. The number of nitrogens with one attached hydrogen (secondary N) is 3. The number of hydrogen-bond acceptors (Lipinski definition) is 6. The van der Waals surface area contributed by atoms with E-state index in [4.69, 9.17) is 9.47 Å². The molecule has 1 aliphatic heterocycles. The van der Waals surface area contributed by atoms with Crippen molar-refractivity contribution in [3.63, 3.8) is 0 Å². The summed E-state index contributed by atoms with van der Waals surface area (Å²) in [4.78, 5) is 34.9. The van der Waals surface area contributed by atoms with Gasteiger partial charge in [-0.15, -0.1) is 0 Å². The van der Waals surface area contributed by atoms with E-state index in [-0.39, 0.29) is 11.1 Å². The Labute approximate surface area is 124 Å². The summed E-state index contributed by atoms with van der Waals surface area (Å²) >= 11 is 0. The van der Waals surface area contributed by atoms with E-state index < -0.39 is 17.7 Å². The van der Waals surface area contributed by atoms with Crippen LogP contribution in [-0.2, 0) is 19.1 Å². The van der Waals surface area contributed by atoms with Crippen molar-refractivity contribution in [2.24, 2.45) is 0 Å². The SMILES string of the molecule is CC1(C)OC(=O)C(=CNc2ccc3c(=O)[nH][nH]c3c2)C(=O)O1. The van der Waals surface area contributed by atoms with Gasteiger partial charge in [0.2, 0.25) is 0 Å². The molecule has 3 rings (SSSR count). The Morgan fingerprint density at radius 2 is 1.77 bits per heavy atom. The summed E-state index contributed by atoms with van der Waals surface area (Å²) < 4.78 is 9.95. The van der Waals surface area contributed by atoms with Gasteiger partial charge in [0.15, 0.2) is 5.57 Å². The highest BCUT2D eigenvalue weighted by molar-refractivity contribution is 6.15. The predicted molar refractivity (Wildman–Crippen MR) is 76.9 cm³/mol. The zero-order valence-electron chi connectivity index (χ0n) is 11.9. The average Bonchev–Trinajstić information content (AvgIpc) is 2.78. The molecule has 1 aromatic carbocycles. The van der Waals surface area contributed by atoms with Gasteiger partial charge in [-0.05, 0) is 18.2 Å². The molecule has 0 amide bonds. The summed E-state index contributed by atoms with van der Waals surface area (Å²) in [7, 11) is 0. The molecular formula is C14H13N3O5. The third-order valence-corrected chi connectivity index (χ3v) is 3.07. The number of benzene rings is 1. The number of fused-ring (bicyclic) bond motifs is 1. The second-order valence-corrected chi connectivity index (χ2v) is 5.22. The van der Waals surface area contributed by atoms with Gasteiger partial charge in [0.05, 0.1) is 10.9 Å². The van der Waals surface area contributed by atoms with Crippen molar-refractivity contribution in [3.05, 3.63) is 40.3 Å². The number of ether oxygens (including phenoxy) is 2. The quantitative estimate of drug-likeness (QED) is 0.433. The maximum absolute atomic E-state index is 11.8. The van der Waals surface area contributed by atoms with Gasteiger partial charge in [0.1, 0.15) is 0 Å².